The highest BCUT2D eigenvalue weighted by Crippen LogP contribution is 2.12. The fraction of sp³-hybridized carbons (Fsp3) is 0.0556. The summed E-state index contributed by atoms with van der Waals surface area (Å²) < 4.78 is 13.5. The quantitative estimate of drug-likeness (QED) is 0.594. The van der Waals surface area contributed by atoms with Gasteiger partial charge in [-0.05, 0) is 31.2 Å². The van der Waals surface area contributed by atoms with Crippen molar-refractivity contribution in [2.45, 2.75) is 6.92 Å². The molecule has 0 aliphatic heterocycles. The monoisotopic (exact) mass is 307 g/mol. The first-order valence-corrected chi connectivity index (χ1v) is 7.10. The zero-order chi connectivity index (χ0) is 16.2. The van der Waals surface area contributed by atoms with Gasteiger partial charge in [-0.3, -0.25) is 4.79 Å². The van der Waals surface area contributed by atoms with Crippen molar-refractivity contribution in [1.82, 2.24) is 10.4 Å². The van der Waals surface area contributed by atoms with E-state index in [2.05, 4.69) is 15.5 Å². The number of halogens is 1. The van der Waals surface area contributed by atoms with E-state index < -0.39 is 11.7 Å². The smallest absolute Gasteiger partial charge is 0.267 e. The molecule has 1 amide bonds. The molecule has 1 aromatic heterocycles. The number of pyridine rings is 1. The lowest BCUT2D eigenvalue weighted by atomic mass is 10.2. The van der Waals surface area contributed by atoms with Gasteiger partial charge in [0, 0.05) is 5.39 Å². The number of rotatable bonds is 3. The van der Waals surface area contributed by atoms with Crippen molar-refractivity contribution in [1.29, 1.82) is 0 Å². The number of fused-ring (bicyclic) bond motifs is 1. The average Bonchev–Trinajstić information content (AvgIpc) is 2.59. The van der Waals surface area contributed by atoms with E-state index in [4.69, 9.17) is 0 Å². The van der Waals surface area contributed by atoms with E-state index in [-0.39, 0.29) is 5.56 Å². The zero-order valence-corrected chi connectivity index (χ0v) is 12.5. The van der Waals surface area contributed by atoms with Gasteiger partial charge in [0.2, 0.25) is 0 Å². The van der Waals surface area contributed by atoms with Crippen LogP contribution in [0.1, 0.15) is 23.0 Å². The molecule has 1 N–H and O–H groups in total. The fourth-order valence-corrected chi connectivity index (χ4v) is 2.17. The summed E-state index contributed by atoms with van der Waals surface area (Å²) in [5, 5.41) is 5.03. The lowest BCUT2D eigenvalue weighted by molar-refractivity contribution is 0.0951. The number of hydrogen-bond donors (Lipinski definition) is 1. The third kappa shape index (κ3) is 3.23. The number of nitrogens with zero attached hydrogens (tertiary/aromatic N) is 2. The molecule has 0 saturated heterocycles. The van der Waals surface area contributed by atoms with Crippen LogP contribution in [0.4, 0.5) is 4.39 Å². The molecule has 5 heteroatoms. The van der Waals surface area contributed by atoms with Gasteiger partial charge in [-0.25, -0.2) is 14.8 Å². The highest BCUT2D eigenvalue weighted by molar-refractivity contribution is 6.00. The number of aromatic nitrogens is 1. The number of nitrogens with one attached hydrogen (secondary N) is 1. The molecular formula is C18H14FN3O. The van der Waals surface area contributed by atoms with Crippen molar-refractivity contribution in [2.75, 3.05) is 0 Å². The SMILES string of the molecule is C/C(=N\NC(=O)c1ccccc1F)c1ccc2ccccc2n1. The molecule has 1 heterocycles. The summed E-state index contributed by atoms with van der Waals surface area (Å²) in [6.45, 7) is 1.73. The molecule has 3 rings (SSSR count). The van der Waals surface area contributed by atoms with Crippen molar-refractivity contribution in [2.24, 2.45) is 5.10 Å². The summed E-state index contributed by atoms with van der Waals surface area (Å²) in [5.41, 5.74) is 4.35. The Morgan fingerprint density at radius 1 is 1.04 bits per heavy atom. The Labute approximate surface area is 132 Å². The molecule has 0 aliphatic rings. The summed E-state index contributed by atoms with van der Waals surface area (Å²) in [5.74, 6) is -1.18. The van der Waals surface area contributed by atoms with Gasteiger partial charge in [-0.1, -0.05) is 36.4 Å². The second-order valence-electron chi connectivity index (χ2n) is 5.01. The lowest BCUT2D eigenvalue weighted by Gasteiger charge is -2.04. The van der Waals surface area contributed by atoms with Crippen LogP contribution in [0.5, 0.6) is 0 Å². The minimum Gasteiger partial charge on any atom is -0.267 e. The Bertz CT molecular complexity index is 905. The third-order valence-electron chi connectivity index (χ3n) is 3.41. The van der Waals surface area contributed by atoms with E-state index in [9.17, 15) is 9.18 Å². The molecule has 114 valence electrons. The Morgan fingerprint density at radius 2 is 1.78 bits per heavy atom. The van der Waals surface area contributed by atoms with Crippen LogP contribution in [-0.2, 0) is 0 Å². The molecule has 0 spiro atoms. The van der Waals surface area contributed by atoms with E-state index in [1.54, 1.807) is 13.0 Å². The predicted octanol–water partition coefficient (Wildman–Crippen LogP) is 3.53. The van der Waals surface area contributed by atoms with Gasteiger partial charge in [0.25, 0.3) is 5.91 Å². The Balaban J connectivity index is 1.81. The molecule has 23 heavy (non-hydrogen) atoms. The van der Waals surface area contributed by atoms with Gasteiger partial charge in [0.1, 0.15) is 5.82 Å². The second-order valence-corrected chi connectivity index (χ2v) is 5.01. The van der Waals surface area contributed by atoms with Crippen molar-refractivity contribution in [3.05, 3.63) is 77.7 Å². The van der Waals surface area contributed by atoms with E-state index in [0.29, 0.717) is 11.4 Å². The maximum atomic E-state index is 13.5. The highest BCUT2D eigenvalue weighted by atomic mass is 19.1. The zero-order valence-electron chi connectivity index (χ0n) is 12.5. The standard InChI is InChI=1S/C18H14FN3O/c1-12(16-11-10-13-6-2-5-9-17(13)20-16)21-22-18(23)14-7-3-4-8-15(14)19/h2-11H,1H3,(H,22,23)/b21-12+. The number of carbonyl (C=O) groups is 1. The van der Waals surface area contributed by atoms with Crippen molar-refractivity contribution in [3.8, 4) is 0 Å². The van der Waals surface area contributed by atoms with Crippen molar-refractivity contribution in [3.63, 3.8) is 0 Å². The molecule has 0 saturated carbocycles. The molecule has 0 atom stereocenters. The van der Waals surface area contributed by atoms with E-state index in [1.807, 2.05) is 36.4 Å². The molecule has 2 aromatic carbocycles. The van der Waals surface area contributed by atoms with Gasteiger partial charge < -0.3 is 0 Å². The van der Waals surface area contributed by atoms with Crippen LogP contribution in [0.3, 0.4) is 0 Å². The van der Waals surface area contributed by atoms with Gasteiger partial charge in [-0.15, -0.1) is 0 Å². The first kappa shape index (κ1) is 14.8. The van der Waals surface area contributed by atoms with Crippen LogP contribution in [0.25, 0.3) is 10.9 Å². The summed E-state index contributed by atoms with van der Waals surface area (Å²) in [4.78, 5) is 16.4. The number of hydrogen-bond acceptors (Lipinski definition) is 3. The fourth-order valence-electron chi connectivity index (χ4n) is 2.17. The Hall–Kier alpha value is -3.08. The molecule has 4 nitrogen and oxygen atoms in total. The Morgan fingerprint density at radius 3 is 2.61 bits per heavy atom. The molecular weight excluding hydrogens is 293 g/mol. The number of benzene rings is 2. The molecule has 0 unspecified atom stereocenters. The summed E-state index contributed by atoms with van der Waals surface area (Å²) in [6.07, 6.45) is 0. The summed E-state index contributed by atoms with van der Waals surface area (Å²) in [7, 11) is 0. The minimum atomic E-state index is -0.594. The van der Waals surface area contributed by atoms with Crippen LogP contribution in [0.2, 0.25) is 0 Å². The maximum absolute atomic E-state index is 13.5. The topological polar surface area (TPSA) is 54.4 Å². The molecule has 0 radical (unpaired) electrons. The number of hydrazone groups is 1. The lowest BCUT2D eigenvalue weighted by Crippen LogP contribution is -2.20. The van der Waals surface area contributed by atoms with Gasteiger partial charge >= 0.3 is 0 Å². The van der Waals surface area contributed by atoms with E-state index in [0.717, 1.165) is 10.9 Å². The second kappa shape index (κ2) is 6.36. The van der Waals surface area contributed by atoms with Crippen molar-refractivity contribution >= 4 is 22.5 Å². The molecule has 0 fully saturated rings. The third-order valence-corrected chi connectivity index (χ3v) is 3.41. The Kier molecular flexibility index (Phi) is 4.10. The van der Waals surface area contributed by atoms with E-state index >= 15 is 0 Å². The largest absolute Gasteiger partial charge is 0.274 e. The minimum absolute atomic E-state index is 0.0458. The van der Waals surface area contributed by atoms with Gasteiger partial charge in [-0.2, -0.15) is 5.10 Å². The van der Waals surface area contributed by atoms with Gasteiger partial charge in [0.15, 0.2) is 0 Å². The summed E-state index contributed by atoms with van der Waals surface area (Å²) in [6, 6.07) is 17.3. The van der Waals surface area contributed by atoms with Crippen LogP contribution in [-0.4, -0.2) is 16.6 Å². The number of amides is 1. The van der Waals surface area contributed by atoms with Crippen molar-refractivity contribution < 1.29 is 9.18 Å². The first-order chi connectivity index (χ1) is 11.1. The number of carbonyl (C=O) groups excluding carboxylic acids is 1. The average molecular weight is 307 g/mol. The van der Waals surface area contributed by atoms with Crippen LogP contribution >= 0.6 is 0 Å². The normalized spacial score (nSPS) is 11.5. The molecule has 0 aliphatic carbocycles. The highest BCUT2D eigenvalue weighted by Gasteiger charge is 2.10. The van der Waals surface area contributed by atoms with Gasteiger partial charge in [0.05, 0.1) is 22.5 Å². The first-order valence-electron chi connectivity index (χ1n) is 7.10. The van der Waals surface area contributed by atoms with Crippen LogP contribution < -0.4 is 5.43 Å². The predicted molar refractivity (Wildman–Crippen MR) is 87.8 cm³/mol. The van der Waals surface area contributed by atoms with Crippen LogP contribution in [0, 0.1) is 5.82 Å². The molecule has 3 aromatic rings. The maximum Gasteiger partial charge on any atom is 0.274 e. The summed E-state index contributed by atoms with van der Waals surface area (Å²) >= 11 is 0. The van der Waals surface area contributed by atoms with E-state index in [1.165, 1.54) is 18.2 Å². The van der Waals surface area contributed by atoms with Crippen LogP contribution in [0.15, 0.2) is 65.8 Å². The molecule has 0 bridgehead atoms. The number of para-hydroxylation sites is 1.